The third kappa shape index (κ3) is 1.57. The van der Waals surface area contributed by atoms with Crippen LogP contribution in [0.1, 0.15) is 0 Å². The quantitative estimate of drug-likeness (QED) is 0.681. The molecule has 3 aromatic heterocycles. The van der Waals surface area contributed by atoms with Crippen molar-refractivity contribution < 1.29 is 0 Å². The van der Waals surface area contributed by atoms with Gasteiger partial charge in [0, 0.05) is 31.0 Å². The van der Waals surface area contributed by atoms with Crippen molar-refractivity contribution in [2.24, 2.45) is 0 Å². The van der Waals surface area contributed by atoms with E-state index in [0.717, 1.165) is 15.9 Å². The monoisotopic (exact) mass is 275 g/mol. The molecule has 0 aliphatic rings. The number of imidazole rings is 1. The molecule has 0 aliphatic carbocycles. The van der Waals surface area contributed by atoms with E-state index >= 15 is 0 Å². The van der Waals surface area contributed by atoms with Gasteiger partial charge >= 0.3 is 0 Å². The van der Waals surface area contributed by atoms with Gasteiger partial charge in [-0.2, -0.15) is 0 Å². The second-order valence-electron chi connectivity index (χ2n) is 3.20. The summed E-state index contributed by atoms with van der Waals surface area (Å²) in [6.07, 6.45) is 10.4. The van der Waals surface area contributed by atoms with E-state index in [1.54, 1.807) is 24.8 Å². The first-order chi connectivity index (χ1) is 7.83. The Morgan fingerprint density at radius 3 is 2.75 bits per heavy atom. The molecule has 0 radical (unpaired) electrons. The van der Waals surface area contributed by atoms with Gasteiger partial charge in [-0.3, -0.25) is 14.4 Å². The lowest BCUT2D eigenvalue weighted by atomic mass is 10.3. The summed E-state index contributed by atoms with van der Waals surface area (Å²) in [7, 11) is 0. The molecule has 16 heavy (non-hydrogen) atoms. The van der Waals surface area contributed by atoms with Crippen molar-refractivity contribution in [2.45, 2.75) is 0 Å². The van der Waals surface area contributed by atoms with E-state index in [9.17, 15) is 0 Å². The molecule has 3 heterocycles. The Bertz CT molecular complexity index is 634. The van der Waals surface area contributed by atoms with Gasteiger partial charge in [0.15, 0.2) is 0 Å². The van der Waals surface area contributed by atoms with Crippen molar-refractivity contribution in [1.29, 1.82) is 0 Å². The molecule has 78 valence electrons. The zero-order valence-electron chi connectivity index (χ0n) is 8.08. The smallest absolute Gasteiger partial charge is 0.234 e. The predicted molar refractivity (Wildman–Crippen MR) is 61.7 cm³/mol. The van der Waals surface area contributed by atoms with Gasteiger partial charge in [0.25, 0.3) is 0 Å². The molecule has 6 heteroatoms. The molecule has 0 aliphatic heterocycles. The first kappa shape index (κ1) is 9.41. The lowest BCUT2D eigenvalue weighted by molar-refractivity contribution is 1.10. The van der Waals surface area contributed by atoms with Crippen LogP contribution in [0.25, 0.3) is 17.2 Å². The molecule has 5 nitrogen and oxygen atoms in total. The van der Waals surface area contributed by atoms with E-state index in [1.807, 2.05) is 16.8 Å². The summed E-state index contributed by atoms with van der Waals surface area (Å²) in [5.74, 6) is 0.642. The zero-order chi connectivity index (χ0) is 11.0. The molecular weight excluding hydrogens is 270 g/mol. The number of aromatic nitrogens is 5. The molecule has 3 aromatic rings. The summed E-state index contributed by atoms with van der Waals surface area (Å²) in [4.78, 5) is 16.7. The minimum atomic E-state index is 0.642. The fourth-order valence-electron chi connectivity index (χ4n) is 1.41. The molecule has 0 saturated heterocycles. The highest BCUT2D eigenvalue weighted by molar-refractivity contribution is 9.10. The van der Waals surface area contributed by atoms with Gasteiger partial charge in [-0.25, -0.2) is 9.97 Å². The van der Waals surface area contributed by atoms with Crippen LogP contribution in [-0.4, -0.2) is 24.3 Å². The molecule has 0 spiro atoms. The van der Waals surface area contributed by atoms with Crippen LogP contribution in [0.2, 0.25) is 0 Å². The van der Waals surface area contributed by atoms with E-state index in [-0.39, 0.29) is 0 Å². The van der Waals surface area contributed by atoms with Gasteiger partial charge in [-0.15, -0.1) is 0 Å². The van der Waals surface area contributed by atoms with Crippen LogP contribution in [-0.2, 0) is 0 Å². The third-order valence-electron chi connectivity index (χ3n) is 2.10. The predicted octanol–water partition coefficient (Wildman–Crippen LogP) is 1.95. The molecule has 0 saturated carbocycles. The maximum absolute atomic E-state index is 4.35. The van der Waals surface area contributed by atoms with Gasteiger partial charge in [0.1, 0.15) is 11.4 Å². The highest BCUT2D eigenvalue weighted by Crippen LogP contribution is 2.16. The van der Waals surface area contributed by atoms with Crippen LogP contribution in [0.5, 0.6) is 0 Å². The lowest BCUT2D eigenvalue weighted by Gasteiger charge is -1.91. The number of fused-ring (bicyclic) bond motifs is 1. The maximum Gasteiger partial charge on any atom is 0.234 e. The van der Waals surface area contributed by atoms with Gasteiger partial charge in [0.05, 0.1) is 10.7 Å². The highest BCUT2D eigenvalue weighted by Gasteiger charge is 2.06. The Morgan fingerprint density at radius 1 is 1.00 bits per heavy atom. The topological polar surface area (TPSA) is 56.0 Å². The van der Waals surface area contributed by atoms with Crippen molar-refractivity contribution in [2.75, 3.05) is 0 Å². The van der Waals surface area contributed by atoms with Crippen LogP contribution in [0.3, 0.4) is 0 Å². The van der Waals surface area contributed by atoms with E-state index < -0.39 is 0 Å². The molecule has 0 aromatic carbocycles. The molecule has 0 N–H and O–H groups in total. The number of rotatable bonds is 1. The minimum Gasteiger partial charge on any atom is -0.289 e. The first-order valence-corrected chi connectivity index (χ1v) is 5.39. The fraction of sp³-hybridized carbons (Fsp3) is 0. The van der Waals surface area contributed by atoms with Gasteiger partial charge in [-0.1, -0.05) is 0 Å². The second-order valence-corrected chi connectivity index (χ2v) is 4.11. The normalized spacial score (nSPS) is 10.8. The van der Waals surface area contributed by atoms with Gasteiger partial charge in [0.2, 0.25) is 5.78 Å². The number of nitrogens with zero attached hydrogens (tertiary/aromatic N) is 5. The molecule has 0 unspecified atom stereocenters. The van der Waals surface area contributed by atoms with Crippen LogP contribution < -0.4 is 0 Å². The van der Waals surface area contributed by atoms with Crippen molar-refractivity contribution in [3.8, 4) is 11.4 Å². The lowest BCUT2D eigenvalue weighted by Crippen LogP contribution is -1.85. The SMILES string of the molecule is Brc1cnc2nc(-c3cnccn3)cn2c1. The summed E-state index contributed by atoms with van der Waals surface area (Å²) >= 11 is 3.36. The van der Waals surface area contributed by atoms with Crippen molar-refractivity contribution in [1.82, 2.24) is 24.3 Å². The van der Waals surface area contributed by atoms with E-state index in [4.69, 9.17) is 0 Å². The Labute approximate surface area is 99.4 Å². The average Bonchev–Trinajstić information content (AvgIpc) is 2.73. The summed E-state index contributed by atoms with van der Waals surface area (Å²) < 4.78 is 2.75. The highest BCUT2D eigenvalue weighted by atomic mass is 79.9. The Kier molecular flexibility index (Phi) is 2.14. The second kappa shape index (κ2) is 3.64. The van der Waals surface area contributed by atoms with Crippen LogP contribution >= 0.6 is 15.9 Å². The summed E-state index contributed by atoms with van der Waals surface area (Å²) in [5.41, 5.74) is 1.50. The van der Waals surface area contributed by atoms with Crippen LogP contribution in [0, 0.1) is 0 Å². The van der Waals surface area contributed by atoms with E-state index in [2.05, 4.69) is 35.9 Å². The van der Waals surface area contributed by atoms with E-state index in [0.29, 0.717) is 5.78 Å². The Hall–Kier alpha value is -1.82. The Balaban J connectivity index is 2.19. The zero-order valence-corrected chi connectivity index (χ0v) is 9.66. The first-order valence-electron chi connectivity index (χ1n) is 4.59. The largest absolute Gasteiger partial charge is 0.289 e. The summed E-state index contributed by atoms with van der Waals surface area (Å²) in [6.45, 7) is 0. The third-order valence-corrected chi connectivity index (χ3v) is 2.51. The van der Waals surface area contributed by atoms with Gasteiger partial charge < -0.3 is 0 Å². The average molecular weight is 276 g/mol. The van der Waals surface area contributed by atoms with Crippen LogP contribution in [0.15, 0.2) is 41.7 Å². The molecule has 0 bridgehead atoms. The van der Waals surface area contributed by atoms with Gasteiger partial charge in [-0.05, 0) is 15.9 Å². The summed E-state index contributed by atoms with van der Waals surface area (Å²) in [6, 6.07) is 0. The molecule has 0 fully saturated rings. The molecule has 0 atom stereocenters. The molecular formula is C10H6BrN5. The number of hydrogen-bond donors (Lipinski definition) is 0. The standard InChI is InChI=1S/C10H6BrN5/c11-7-3-14-10-15-9(6-16(10)5-7)8-4-12-1-2-13-8/h1-6H. The maximum atomic E-state index is 4.35. The molecule has 0 amide bonds. The number of hydrogen-bond acceptors (Lipinski definition) is 4. The fourth-order valence-corrected chi connectivity index (χ4v) is 1.74. The van der Waals surface area contributed by atoms with Crippen molar-refractivity contribution >= 4 is 21.7 Å². The minimum absolute atomic E-state index is 0.642. The van der Waals surface area contributed by atoms with Crippen LogP contribution in [0.4, 0.5) is 0 Å². The van der Waals surface area contributed by atoms with Crippen molar-refractivity contribution in [3.63, 3.8) is 0 Å². The van der Waals surface area contributed by atoms with Crippen molar-refractivity contribution in [3.05, 3.63) is 41.7 Å². The molecule has 3 rings (SSSR count). The summed E-state index contributed by atoms with van der Waals surface area (Å²) in [5, 5.41) is 0. The number of halogens is 1. The Morgan fingerprint density at radius 2 is 1.94 bits per heavy atom. The van der Waals surface area contributed by atoms with E-state index in [1.165, 1.54) is 0 Å².